The van der Waals surface area contributed by atoms with Crippen molar-refractivity contribution in [2.24, 2.45) is 0 Å². The van der Waals surface area contributed by atoms with Gasteiger partial charge in [0.15, 0.2) is 0 Å². The van der Waals surface area contributed by atoms with Gasteiger partial charge >= 0.3 is 0 Å². The molecule has 2 N–H and O–H groups in total. The van der Waals surface area contributed by atoms with Gasteiger partial charge in [0.05, 0.1) is 23.6 Å². The number of nitrogens with one attached hydrogen (secondary N) is 2. The molecule has 0 aliphatic heterocycles. The Hall–Kier alpha value is -2.82. The number of methoxy groups -OCH3 is 1. The zero-order valence-electron chi connectivity index (χ0n) is 14.8. The third kappa shape index (κ3) is 3.65. The van der Waals surface area contributed by atoms with E-state index in [1.54, 1.807) is 7.11 Å². The van der Waals surface area contributed by atoms with Gasteiger partial charge in [0, 0.05) is 13.0 Å². The van der Waals surface area contributed by atoms with Crippen molar-refractivity contribution < 1.29 is 9.53 Å². The summed E-state index contributed by atoms with van der Waals surface area (Å²) in [6, 6.07) is 15.5. The maximum Gasteiger partial charge on any atom is 0.230 e. The van der Waals surface area contributed by atoms with E-state index in [0.29, 0.717) is 13.0 Å². The third-order valence-corrected chi connectivity index (χ3v) is 4.47. The number of benzene rings is 2. The lowest BCUT2D eigenvalue weighted by Gasteiger charge is -2.24. The molecular weight excluding hydrogens is 314 g/mol. The molecule has 0 aliphatic carbocycles. The van der Waals surface area contributed by atoms with Crippen molar-refractivity contribution in [3.8, 4) is 5.75 Å². The molecule has 25 heavy (non-hydrogen) atoms. The summed E-state index contributed by atoms with van der Waals surface area (Å²) in [5, 5.41) is 3.01. The number of hydrogen-bond acceptors (Lipinski definition) is 3. The summed E-state index contributed by atoms with van der Waals surface area (Å²) in [5.74, 6) is 1.65. The zero-order valence-corrected chi connectivity index (χ0v) is 14.8. The molecule has 1 amide bonds. The fourth-order valence-corrected chi connectivity index (χ4v) is 2.78. The molecule has 3 rings (SSSR count). The van der Waals surface area contributed by atoms with Crippen molar-refractivity contribution in [3.63, 3.8) is 0 Å². The van der Waals surface area contributed by atoms with E-state index in [1.807, 2.05) is 62.4 Å². The average Bonchev–Trinajstić information content (AvgIpc) is 3.04. The molecule has 2 aromatic carbocycles. The van der Waals surface area contributed by atoms with Crippen LogP contribution in [0, 0.1) is 0 Å². The molecule has 0 radical (unpaired) electrons. The van der Waals surface area contributed by atoms with Crippen LogP contribution in [0.5, 0.6) is 5.75 Å². The van der Waals surface area contributed by atoms with Crippen molar-refractivity contribution in [1.82, 2.24) is 15.3 Å². The lowest BCUT2D eigenvalue weighted by molar-refractivity contribution is -0.125. The summed E-state index contributed by atoms with van der Waals surface area (Å²) < 4.78 is 5.17. The molecule has 0 aliphatic rings. The Morgan fingerprint density at radius 2 is 1.88 bits per heavy atom. The van der Waals surface area contributed by atoms with Crippen molar-refractivity contribution in [3.05, 3.63) is 59.9 Å². The minimum atomic E-state index is -0.611. The number of fused-ring (bicyclic) bond motifs is 1. The van der Waals surface area contributed by atoms with Gasteiger partial charge in [0.1, 0.15) is 11.6 Å². The summed E-state index contributed by atoms with van der Waals surface area (Å²) in [7, 11) is 1.63. The van der Waals surface area contributed by atoms with E-state index in [0.717, 1.165) is 28.2 Å². The first-order chi connectivity index (χ1) is 12.0. The van der Waals surface area contributed by atoms with Crippen LogP contribution in [0.25, 0.3) is 11.0 Å². The Morgan fingerprint density at radius 3 is 2.56 bits per heavy atom. The highest BCUT2D eigenvalue weighted by Crippen LogP contribution is 2.25. The SMILES string of the molecule is COc1ccc(C(C)(C)C(=O)NCCc2nc3ccccc3[nH]2)cc1. The van der Waals surface area contributed by atoms with E-state index in [2.05, 4.69) is 15.3 Å². The van der Waals surface area contributed by atoms with E-state index < -0.39 is 5.41 Å². The summed E-state index contributed by atoms with van der Waals surface area (Å²) in [6.45, 7) is 4.38. The monoisotopic (exact) mass is 337 g/mol. The topological polar surface area (TPSA) is 67.0 Å². The second-order valence-electron chi connectivity index (χ2n) is 6.56. The van der Waals surface area contributed by atoms with E-state index in [4.69, 9.17) is 4.74 Å². The van der Waals surface area contributed by atoms with E-state index in [1.165, 1.54) is 0 Å². The minimum absolute atomic E-state index is 0.00576. The largest absolute Gasteiger partial charge is 0.497 e. The highest BCUT2D eigenvalue weighted by atomic mass is 16.5. The van der Waals surface area contributed by atoms with Crippen LogP contribution >= 0.6 is 0 Å². The molecule has 0 fully saturated rings. The van der Waals surface area contributed by atoms with Crippen molar-refractivity contribution >= 4 is 16.9 Å². The van der Waals surface area contributed by atoms with Gasteiger partial charge in [-0.05, 0) is 43.7 Å². The molecule has 0 spiro atoms. The Labute approximate surface area is 147 Å². The number of amides is 1. The van der Waals surface area contributed by atoms with Crippen LogP contribution in [0.1, 0.15) is 25.2 Å². The first kappa shape index (κ1) is 17.0. The second kappa shape index (κ2) is 6.97. The van der Waals surface area contributed by atoms with Crippen LogP contribution in [0.15, 0.2) is 48.5 Å². The molecule has 5 nitrogen and oxygen atoms in total. The van der Waals surface area contributed by atoms with Crippen LogP contribution in [0.4, 0.5) is 0 Å². The maximum atomic E-state index is 12.6. The number of H-pyrrole nitrogens is 1. The highest BCUT2D eigenvalue weighted by molar-refractivity contribution is 5.87. The Bertz CT molecular complexity index is 833. The number of ether oxygens (including phenoxy) is 1. The van der Waals surface area contributed by atoms with Crippen LogP contribution in [-0.4, -0.2) is 29.5 Å². The number of nitrogens with zero attached hydrogens (tertiary/aromatic N) is 1. The molecule has 0 bridgehead atoms. The molecule has 5 heteroatoms. The lowest BCUT2D eigenvalue weighted by atomic mass is 9.83. The number of rotatable bonds is 6. The summed E-state index contributed by atoms with van der Waals surface area (Å²) in [5.41, 5.74) is 2.31. The quantitative estimate of drug-likeness (QED) is 0.726. The normalized spacial score (nSPS) is 11.5. The molecule has 3 aromatic rings. The third-order valence-electron chi connectivity index (χ3n) is 4.47. The number of carbonyl (C=O) groups is 1. The lowest BCUT2D eigenvalue weighted by Crippen LogP contribution is -2.41. The molecule has 0 unspecified atom stereocenters. The fourth-order valence-electron chi connectivity index (χ4n) is 2.78. The number of aromatic amines is 1. The van der Waals surface area contributed by atoms with Gasteiger partial charge in [-0.1, -0.05) is 24.3 Å². The molecular formula is C20H23N3O2. The predicted octanol–water partition coefficient (Wildman–Crippen LogP) is 3.21. The van der Waals surface area contributed by atoms with E-state index >= 15 is 0 Å². The van der Waals surface area contributed by atoms with Gasteiger partial charge in [0.25, 0.3) is 0 Å². The summed E-state index contributed by atoms with van der Waals surface area (Å²) in [4.78, 5) is 20.4. The number of aromatic nitrogens is 2. The van der Waals surface area contributed by atoms with Gasteiger partial charge in [-0.15, -0.1) is 0 Å². The number of imidazole rings is 1. The number of hydrogen-bond donors (Lipinski definition) is 2. The molecule has 0 saturated carbocycles. The van der Waals surface area contributed by atoms with Gasteiger partial charge in [0.2, 0.25) is 5.91 Å². The average molecular weight is 337 g/mol. The smallest absolute Gasteiger partial charge is 0.230 e. The molecule has 1 aromatic heterocycles. The summed E-state index contributed by atoms with van der Waals surface area (Å²) >= 11 is 0. The van der Waals surface area contributed by atoms with Gasteiger partial charge < -0.3 is 15.0 Å². The van der Waals surface area contributed by atoms with Crippen LogP contribution in [-0.2, 0) is 16.6 Å². The van der Waals surface area contributed by atoms with E-state index in [-0.39, 0.29) is 5.91 Å². The maximum absolute atomic E-state index is 12.6. The Balaban J connectivity index is 1.60. The zero-order chi connectivity index (χ0) is 17.9. The van der Waals surface area contributed by atoms with Crippen molar-refractivity contribution in [2.45, 2.75) is 25.7 Å². The van der Waals surface area contributed by atoms with Gasteiger partial charge in [-0.2, -0.15) is 0 Å². The van der Waals surface area contributed by atoms with Gasteiger partial charge in [-0.25, -0.2) is 4.98 Å². The Morgan fingerprint density at radius 1 is 1.16 bits per heavy atom. The molecule has 0 atom stereocenters. The standard InChI is InChI=1S/C20H23N3O2/c1-20(2,14-8-10-15(25-3)11-9-14)19(24)21-13-12-18-22-16-6-4-5-7-17(16)23-18/h4-11H,12-13H2,1-3H3,(H,21,24)(H,22,23). The number of carbonyl (C=O) groups excluding carboxylic acids is 1. The first-order valence-electron chi connectivity index (χ1n) is 8.37. The second-order valence-corrected chi connectivity index (χ2v) is 6.56. The van der Waals surface area contributed by atoms with E-state index in [9.17, 15) is 4.79 Å². The molecule has 0 saturated heterocycles. The first-order valence-corrected chi connectivity index (χ1v) is 8.37. The van der Waals surface area contributed by atoms with Gasteiger partial charge in [-0.3, -0.25) is 4.79 Å². The molecule has 1 heterocycles. The highest BCUT2D eigenvalue weighted by Gasteiger charge is 2.29. The Kier molecular flexibility index (Phi) is 4.74. The van der Waals surface area contributed by atoms with Crippen LogP contribution < -0.4 is 10.1 Å². The summed E-state index contributed by atoms with van der Waals surface area (Å²) in [6.07, 6.45) is 0.666. The fraction of sp³-hybridized carbons (Fsp3) is 0.300. The van der Waals surface area contributed by atoms with Crippen molar-refractivity contribution in [1.29, 1.82) is 0 Å². The van der Waals surface area contributed by atoms with Crippen LogP contribution in [0.3, 0.4) is 0 Å². The predicted molar refractivity (Wildman–Crippen MR) is 98.8 cm³/mol. The number of para-hydroxylation sites is 2. The molecule has 130 valence electrons. The van der Waals surface area contributed by atoms with Crippen molar-refractivity contribution in [2.75, 3.05) is 13.7 Å². The van der Waals surface area contributed by atoms with Crippen LogP contribution in [0.2, 0.25) is 0 Å². The minimum Gasteiger partial charge on any atom is -0.497 e.